The third-order valence-electron chi connectivity index (χ3n) is 6.01. The molecule has 1 aromatic carbocycles. The normalized spacial score (nSPS) is 21.7. The SMILES string of the molecule is CC(C)c1ccc(C(=O)N2CC3CCC2CN(C(=O)c2ccncc2)C3)cc1. The van der Waals surface area contributed by atoms with E-state index in [0.29, 0.717) is 30.5 Å². The fourth-order valence-electron chi connectivity index (χ4n) is 4.35. The van der Waals surface area contributed by atoms with Crippen LogP contribution in [-0.4, -0.2) is 52.3 Å². The molecule has 3 fully saturated rings. The maximum atomic E-state index is 13.2. The number of pyridine rings is 1. The standard InChI is InChI=1S/C23H27N3O2/c1-16(2)18-4-6-19(7-5-18)23(28)26-14-17-3-8-21(26)15-25(13-17)22(27)20-9-11-24-12-10-20/h4-7,9-12,16-17,21H,3,8,13-15H2,1-2H3. The van der Waals surface area contributed by atoms with E-state index in [1.807, 2.05) is 34.1 Å². The molecule has 2 amide bonds. The third-order valence-corrected chi connectivity index (χ3v) is 6.01. The van der Waals surface area contributed by atoms with Crippen LogP contribution in [0, 0.1) is 5.92 Å². The summed E-state index contributed by atoms with van der Waals surface area (Å²) in [5.41, 5.74) is 2.64. The van der Waals surface area contributed by atoms with Crippen LogP contribution in [0.1, 0.15) is 58.9 Å². The number of carbonyl (C=O) groups excluding carboxylic acids is 2. The zero-order valence-corrected chi connectivity index (χ0v) is 16.5. The molecule has 146 valence electrons. The predicted molar refractivity (Wildman–Crippen MR) is 108 cm³/mol. The van der Waals surface area contributed by atoms with Gasteiger partial charge in [-0.25, -0.2) is 0 Å². The second kappa shape index (κ2) is 7.74. The van der Waals surface area contributed by atoms with Gasteiger partial charge in [0, 0.05) is 49.2 Å². The minimum atomic E-state index is 0.0369. The molecule has 2 aromatic rings. The smallest absolute Gasteiger partial charge is 0.254 e. The number of rotatable bonds is 3. The summed E-state index contributed by atoms with van der Waals surface area (Å²) < 4.78 is 0. The van der Waals surface area contributed by atoms with Crippen molar-refractivity contribution in [3.8, 4) is 0 Å². The highest BCUT2D eigenvalue weighted by atomic mass is 16.2. The monoisotopic (exact) mass is 377 g/mol. The average molecular weight is 377 g/mol. The van der Waals surface area contributed by atoms with E-state index < -0.39 is 0 Å². The predicted octanol–water partition coefficient (Wildman–Crippen LogP) is 3.58. The first-order valence-electron chi connectivity index (χ1n) is 10.1. The summed E-state index contributed by atoms with van der Waals surface area (Å²) in [4.78, 5) is 34.0. The van der Waals surface area contributed by atoms with Crippen molar-refractivity contribution in [2.45, 2.75) is 38.6 Å². The summed E-state index contributed by atoms with van der Waals surface area (Å²) in [5, 5.41) is 0. The number of fused-ring (bicyclic) bond motifs is 4. The van der Waals surface area contributed by atoms with Gasteiger partial charge in [-0.15, -0.1) is 0 Å². The molecule has 4 heterocycles. The molecule has 0 N–H and O–H groups in total. The molecule has 0 radical (unpaired) electrons. The molecule has 0 saturated carbocycles. The Bertz CT molecular complexity index is 848. The Labute approximate surface area is 166 Å². The van der Waals surface area contributed by atoms with Gasteiger partial charge in [0.25, 0.3) is 11.8 Å². The summed E-state index contributed by atoms with van der Waals surface area (Å²) in [6, 6.07) is 11.6. The molecule has 28 heavy (non-hydrogen) atoms. The van der Waals surface area contributed by atoms with Gasteiger partial charge >= 0.3 is 0 Å². The Morgan fingerprint density at radius 1 is 0.893 bits per heavy atom. The number of aromatic nitrogens is 1. The van der Waals surface area contributed by atoms with Crippen molar-refractivity contribution in [1.82, 2.24) is 14.8 Å². The van der Waals surface area contributed by atoms with E-state index in [1.54, 1.807) is 24.5 Å². The van der Waals surface area contributed by atoms with E-state index in [1.165, 1.54) is 5.56 Å². The molecule has 5 heteroatoms. The highest BCUT2D eigenvalue weighted by molar-refractivity contribution is 5.95. The zero-order chi connectivity index (χ0) is 19.7. The van der Waals surface area contributed by atoms with E-state index >= 15 is 0 Å². The molecule has 3 saturated heterocycles. The Balaban J connectivity index is 1.52. The van der Waals surface area contributed by atoms with E-state index in [2.05, 4.69) is 18.8 Å². The third kappa shape index (κ3) is 3.66. The zero-order valence-electron chi connectivity index (χ0n) is 16.5. The molecule has 0 spiro atoms. The molecule has 3 aliphatic heterocycles. The van der Waals surface area contributed by atoms with Crippen LogP contribution in [0.3, 0.4) is 0 Å². The quantitative estimate of drug-likeness (QED) is 0.821. The maximum Gasteiger partial charge on any atom is 0.254 e. The van der Waals surface area contributed by atoms with Crippen molar-refractivity contribution >= 4 is 11.8 Å². The van der Waals surface area contributed by atoms with Gasteiger partial charge in [0.1, 0.15) is 0 Å². The number of benzene rings is 1. The Hall–Kier alpha value is -2.69. The number of hydrogen-bond acceptors (Lipinski definition) is 3. The number of nitrogens with zero attached hydrogens (tertiary/aromatic N) is 3. The average Bonchev–Trinajstić information content (AvgIpc) is 3.05. The van der Waals surface area contributed by atoms with Crippen molar-refractivity contribution in [2.24, 2.45) is 5.92 Å². The fourth-order valence-corrected chi connectivity index (χ4v) is 4.35. The molecule has 2 unspecified atom stereocenters. The van der Waals surface area contributed by atoms with Crippen molar-refractivity contribution in [1.29, 1.82) is 0 Å². The molecule has 1 aromatic heterocycles. The topological polar surface area (TPSA) is 53.5 Å². The van der Waals surface area contributed by atoms with E-state index in [-0.39, 0.29) is 17.9 Å². The van der Waals surface area contributed by atoms with Gasteiger partial charge in [0.05, 0.1) is 0 Å². The molecule has 2 atom stereocenters. The lowest BCUT2D eigenvalue weighted by Crippen LogP contribution is -2.47. The molecule has 0 aliphatic carbocycles. The second-order valence-corrected chi connectivity index (χ2v) is 8.28. The summed E-state index contributed by atoms with van der Waals surface area (Å²) in [6.45, 7) is 6.36. The van der Waals surface area contributed by atoms with Crippen LogP contribution in [0.2, 0.25) is 0 Å². The molecule has 5 nitrogen and oxygen atoms in total. The van der Waals surface area contributed by atoms with Crippen LogP contribution in [0.25, 0.3) is 0 Å². The maximum absolute atomic E-state index is 13.2. The van der Waals surface area contributed by atoms with Crippen LogP contribution in [0.5, 0.6) is 0 Å². The van der Waals surface area contributed by atoms with E-state index in [9.17, 15) is 9.59 Å². The van der Waals surface area contributed by atoms with Crippen molar-refractivity contribution in [3.05, 3.63) is 65.5 Å². The minimum absolute atomic E-state index is 0.0369. The molecule has 3 aliphatic rings. The molecular weight excluding hydrogens is 350 g/mol. The summed E-state index contributed by atoms with van der Waals surface area (Å²) >= 11 is 0. The fraction of sp³-hybridized carbons (Fsp3) is 0.435. The summed E-state index contributed by atoms with van der Waals surface area (Å²) in [5.74, 6) is 0.910. The van der Waals surface area contributed by atoms with Gasteiger partial charge < -0.3 is 9.80 Å². The minimum Gasteiger partial charge on any atom is -0.336 e. The largest absolute Gasteiger partial charge is 0.336 e. The summed E-state index contributed by atoms with van der Waals surface area (Å²) in [7, 11) is 0. The van der Waals surface area contributed by atoms with Crippen LogP contribution in [0.15, 0.2) is 48.8 Å². The van der Waals surface area contributed by atoms with Crippen LogP contribution >= 0.6 is 0 Å². The molecular formula is C23H27N3O2. The second-order valence-electron chi connectivity index (χ2n) is 8.28. The van der Waals surface area contributed by atoms with Gasteiger partial charge in [0.15, 0.2) is 0 Å². The first kappa shape index (κ1) is 18.7. The van der Waals surface area contributed by atoms with E-state index in [0.717, 1.165) is 24.9 Å². The lowest BCUT2D eigenvalue weighted by Gasteiger charge is -2.36. The van der Waals surface area contributed by atoms with Crippen molar-refractivity contribution < 1.29 is 9.59 Å². The first-order valence-corrected chi connectivity index (χ1v) is 10.1. The van der Waals surface area contributed by atoms with Gasteiger partial charge in [-0.1, -0.05) is 26.0 Å². The Kier molecular flexibility index (Phi) is 5.16. The van der Waals surface area contributed by atoms with Crippen molar-refractivity contribution in [2.75, 3.05) is 19.6 Å². The van der Waals surface area contributed by atoms with Gasteiger partial charge in [-0.2, -0.15) is 0 Å². The summed E-state index contributed by atoms with van der Waals surface area (Å²) in [6.07, 6.45) is 5.33. The van der Waals surface area contributed by atoms with Gasteiger partial charge in [-0.3, -0.25) is 14.6 Å². The number of carbonyl (C=O) groups is 2. The van der Waals surface area contributed by atoms with Crippen molar-refractivity contribution in [3.63, 3.8) is 0 Å². The number of amides is 2. The highest BCUT2D eigenvalue weighted by Crippen LogP contribution is 2.30. The van der Waals surface area contributed by atoms with Gasteiger partial charge in [-0.05, 0) is 54.5 Å². The Morgan fingerprint density at radius 2 is 1.57 bits per heavy atom. The lowest BCUT2D eigenvalue weighted by molar-refractivity contribution is 0.0574. The van der Waals surface area contributed by atoms with Crippen LogP contribution in [0.4, 0.5) is 0 Å². The van der Waals surface area contributed by atoms with Crippen LogP contribution in [-0.2, 0) is 0 Å². The lowest BCUT2D eigenvalue weighted by atomic mass is 9.94. The highest BCUT2D eigenvalue weighted by Gasteiger charge is 2.39. The first-order chi connectivity index (χ1) is 13.5. The molecule has 5 rings (SSSR count). The number of piperidine rings is 1. The van der Waals surface area contributed by atoms with Gasteiger partial charge in [0.2, 0.25) is 0 Å². The Morgan fingerprint density at radius 3 is 2.25 bits per heavy atom. The van der Waals surface area contributed by atoms with E-state index in [4.69, 9.17) is 0 Å². The number of hydrogen-bond donors (Lipinski definition) is 0. The molecule has 2 bridgehead atoms. The van der Waals surface area contributed by atoms with Crippen LogP contribution < -0.4 is 0 Å².